The highest BCUT2D eigenvalue weighted by molar-refractivity contribution is 6.36. The van der Waals surface area contributed by atoms with Gasteiger partial charge in [-0.25, -0.2) is 0 Å². The van der Waals surface area contributed by atoms with E-state index in [0.29, 0.717) is 0 Å². The summed E-state index contributed by atoms with van der Waals surface area (Å²) >= 11 is 6.35. The molecule has 0 aromatic heterocycles. The fourth-order valence-corrected chi connectivity index (χ4v) is 3.90. The van der Waals surface area contributed by atoms with Crippen LogP contribution in [-0.4, -0.2) is 5.11 Å². The van der Waals surface area contributed by atoms with Crippen molar-refractivity contribution in [3.63, 3.8) is 0 Å². The first-order valence-electron chi connectivity index (χ1n) is 7.55. The Morgan fingerprint density at radius 2 is 1.62 bits per heavy atom. The summed E-state index contributed by atoms with van der Waals surface area (Å²) in [6.45, 7) is 0.0455. The Bertz CT molecular complexity index is 851. The van der Waals surface area contributed by atoms with Gasteiger partial charge in [0.25, 0.3) is 0 Å². The van der Waals surface area contributed by atoms with Crippen LogP contribution >= 0.6 is 11.6 Å². The van der Waals surface area contributed by atoms with Gasteiger partial charge in [-0.1, -0.05) is 41.9 Å². The summed E-state index contributed by atoms with van der Waals surface area (Å²) in [5, 5.41) is 15.1. The van der Waals surface area contributed by atoms with Crippen molar-refractivity contribution in [1.29, 1.82) is 0 Å². The van der Waals surface area contributed by atoms with Crippen molar-refractivity contribution < 1.29 is 5.11 Å². The van der Waals surface area contributed by atoms with Crippen LogP contribution in [0.5, 0.6) is 0 Å². The van der Waals surface area contributed by atoms with Crippen molar-refractivity contribution >= 4 is 33.1 Å². The molecule has 1 aliphatic rings. The highest BCUT2D eigenvalue weighted by Gasteiger charge is 2.15. The molecule has 0 aliphatic heterocycles. The lowest BCUT2D eigenvalue weighted by atomic mass is 9.86. The normalized spacial score (nSPS) is 14.6. The molecule has 0 radical (unpaired) electrons. The molecule has 3 aromatic carbocycles. The standard InChI is InChI=1S/C19H17ClO/c20-18-10-6-13(11-21)19-16-7-5-12-3-1-2-4-14(12)15(16)8-9-17(18)19/h5-10,21H,1-4,11H2. The second-order valence-electron chi connectivity index (χ2n) is 5.86. The molecule has 0 fully saturated rings. The number of aliphatic hydroxyl groups is 1. The van der Waals surface area contributed by atoms with E-state index in [4.69, 9.17) is 11.6 Å². The van der Waals surface area contributed by atoms with Gasteiger partial charge in [-0.05, 0) is 64.6 Å². The number of fused-ring (bicyclic) bond motifs is 5. The number of halogens is 1. The van der Waals surface area contributed by atoms with E-state index < -0.39 is 0 Å². The van der Waals surface area contributed by atoms with Crippen molar-refractivity contribution in [3.8, 4) is 0 Å². The number of aryl methyl sites for hydroxylation is 2. The molecule has 0 saturated carbocycles. The van der Waals surface area contributed by atoms with E-state index >= 15 is 0 Å². The second kappa shape index (κ2) is 5.01. The lowest BCUT2D eigenvalue weighted by molar-refractivity contribution is 0.283. The lowest BCUT2D eigenvalue weighted by Gasteiger charge is -2.19. The number of hydrogen-bond donors (Lipinski definition) is 1. The molecular weight excluding hydrogens is 280 g/mol. The van der Waals surface area contributed by atoms with E-state index in [0.717, 1.165) is 27.8 Å². The molecule has 0 heterocycles. The number of benzene rings is 3. The minimum absolute atomic E-state index is 0.0455. The molecule has 21 heavy (non-hydrogen) atoms. The van der Waals surface area contributed by atoms with E-state index in [9.17, 15) is 5.11 Å². The van der Waals surface area contributed by atoms with Crippen LogP contribution in [0.4, 0.5) is 0 Å². The third kappa shape index (κ3) is 1.96. The predicted molar refractivity (Wildman–Crippen MR) is 89.0 cm³/mol. The fraction of sp³-hybridized carbons (Fsp3) is 0.263. The zero-order valence-corrected chi connectivity index (χ0v) is 12.6. The van der Waals surface area contributed by atoms with Crippen LogP contribution in [0.1, 0.15) is 29.5 Å². The Labute approximate surface area is 129 Å². The fourth-order valence-electron chi connectivity index (χ4n) is 3.68. The molecule has 0 saturated heterocycles. The molecule has 0 amide bonds. The van der Waals surface area contributed by atoms with Gasteiger partial charge in [0, 0.05) is 10.4 Å². The molecule has 0 spiro atoms. The quantitative estimate of drug-likeness (QED) is 0.625. The van der Waals surface area contributed by atoms with E-state index in [1.54, 1.807) is 0 Å². The molecule has 106 valence electrons. The monoisotopic (exact) mass is 296 g/mol. The third-order valence-electron chi connectivity index (χ3n) is 4.71. The predicted octanol–water partition coefficient (Wildman–Crippen LogP) is 5.02. The number of aliphatic hydroxyl groups excluding tert-OH is 1. The first-order valence-corrected chi connectivity index (χ1v) is 7.93. The summed E-state index contributed by atoms with van der Waals surface area (Å²) in [6, 6.07) is 12.6. The van der Waals surface area contributed by atoms with Gasteiger partial charge in [0.2, 0.25) is 0 Å². The summed E-state index contributed by atoms with van der Waals surface area (Å²) in [6.07, 6.45) is 4.91. The van der Waals surface area contributed by atoms with Crippen molar-refractivity contribution in [2.24, 2.45) is 0 Å². The van der Waals surface area contributed by atoms with Gasteiger partial charge in [0.1, 0.15) is 0 Å². The molecule has 4 rings (SSSR count). The molecule has 2 heteroatoms. The topological polar surface area (TPSA) is 20.2 Å². The van der Waals surface area contributed by atoms with Gasteiger partial charge in [0.15, 0.2) is 0 Å². The number of rotatable bonds is 1. The van der Waals surface area contributed by atoms with Crippen LogP contribution < -0.4 is 0 Å². The second-order valence-corrected chi connectivity index (χ2v) is 6.27. The maximum Gasteiger partial charge on any atom is 0.0688 e. The van der Waals surface area contributed by atoms with E-state index in [2.05, 4.69) is 24.3 Å². The van der Waals surface area contributed by atoms with Crippen molar-refractivity contribution in [2.75, 3.05) is 0 Å². The Morgan fingerprint density at radius 1 is 0.857 bits per heavy atom. The first kappa shape index (κ1) is 13.1. The molecule has 1 aliphatic carbocycles. The van der Waals surface area contributed by atoms with Crippen LogP contribution in [0.2, 0.25) is 5.02 Å². The molecule has 1 nitrogen and oxygen atoms in total. The van der Waals surface area contributed by atoms with Crippen LogP contribution in [0.25, 0.3) is 21.5 Å². The summed E-state index contributed by atoms with van der Waals surface area (Å²) in [7, 11) is 0. The zero-order chi connectivity index (χ0) is 14.4. The van der Waals surface area contributed by atoms with Gasteiger partial charge in [0.05, 0.1) is 6.61 Å². The summed E-state index contributed by atoms with van der Waals surface area (Å²) < 4.78 is 0. The minimum Gasteiger partial charge on any atom is -0.392 e. The molecule has 0 bridgehead atoms. The molecule has 0 atom stereocenters. The van der Waals surface area contributed by atoms with Gasteiger partial charge >= 0.3 is 0 Å². The Balaban J connectivity index is 2.17. The van der Waals surface area contributed by atoms with Crippen molar-refractivity contribution in [3.05, 3.63) is 58.1 Å². The van der Waals surface area contributed by atoms with Gasteiger partial charge < -0.3 is 5.11 Å². The Morgan fingerprint density at radius 3 is 2.48 bits per heavy atom. The average molecular weight is 297 g/mol. The van der Waals surface area contributed by atoms with Gasteiger partial charge in [-0.15, -0.1) is 0 Å². The lowest BCUT2D eigenvalue weighted by Crippen LogP contribution is -2.03. The van der Waals surface area contributed by atoms with Crippen LogP contribution in [0.3, 0.4) is 0 Å². The van der Waals surface area contributed by atoms with Crippen LogP contribution in [0.15, 0.2) is 36.4 Å². The minimum atomic E-state index is 0.0455. The Hall–Kier alpha value is -1.57. The van der Waals surface area contributed by atoms with Crippen LogP contribution in [0, 0.1) is 0 Å². The summed E-state index contributed by atoms with van der Waals surface area (Å²) in [5.41, 5.74) is 3.93. The summed E-state index contributed by atoms with van der Waals surface area (Å²) in [5.74, 6) is 0. The molecular formula is C19H17ClO. The molecule has 0 unspecified atom stereocenters. The number of hydrogen-bond acceptors (Lipinski definition) is 1. The van der Waals surface area contributed by atoms with E-state index in [1.165, 1.54) is 41.2 Å². The van der Waals surface area contributed by atoms with E-state index in [-0.39, 0.29) is 6.61 Å². The SMILES string of the molecule is OCc1ccc(Cl)c2ccc3c4c(ccc3c12)CCCC4. The van der Waals surface area contributed by atoms with Crippen molar-refractivity contribution in [2.45, 2.75) is 32.3 Å². The average Bonchev–Trinajstić information content (AvgIpc) is 2.54. The van der Waals surface area contributed by atoms with Gasteiger partial charge in [-0.2, -0.15) is 0 Å². The summed E-state index contributed by atoms with van der Waals surface area (Å²) in [4.78, 5) is 0. The molecule has 1 N–H and O–H groups in total. The highest BCUT2D eigenvalue weighted by Crippen LogP contribution is 2.37. The highest BCUT2D eigenvalue weighted by atomic mass is 35.5. The van der Waals surface area contributed by atoms with E-state index in [1.807, 2.05) is 12.1 Å². The third-order valence-corrected chi connectivity index (χ3v) is 5.04. The van der Waals surface area contributed by atoms with Gasteiger partial charge in [-0.3, -0.25) is 0 Å². The zero-order valence-electron chi connectivity index (χ0n) is 11.8. The maximum atomic E-state index is 9.68. The smallest absolute Gasteiger partial charge is 0.0688 e. The first-order chi connectivity index (χ1) is 10.3. The largest absolute Gasteiger partial charge is 0.392 e. The van der Waals surface area contributed by atoms with Crippen LogP contribution in [-0.2, 0) is 19.4 Å². The van der Waals surface area contributed by atoms with Crippen molar-refractivity contribution in [1.82, 2.24) is 0 Å². The Kier molecular flexibility index (Phi) is 3.13. The molecule has 3 aromatic rings. The maximum absolute atomic E-state index is 9.68.